The van der Waals surface area contributed by atoms with Crippen LogP contribution in [-0.4, -0.2) is 38.9 Å². The lowest BCUT2D eigenvalue weighted by molar-refractivity contribution is -0.136. The Kier molecular flexibility index (Phi) is 3.64. The van der Waals surface area contributed by atoms with Crippen LogP contribution in [0.2, 0.25) is 0 Å². The first kappa shape index (κ1) is 12.6. The van der Waals surface area contributed by atoms with Crippen molar-refractivity contribution in [2.45, 2.75) is 32.2 Å². The molecule has 6 heteroatoms. The molecule has 98 valence electrons. The highest BCUT2D eigenvalue weighted by Crippen LogP contribution is 2.19. The third kappa shape index (κ3) is 2.37. The van der Waals surface area contributed by atoms with Gasteiger partial charge in [-0.3, -0.25) is 14.9 Å². The average Bonchev–Trinajstić information content (AvgIpc) is 2.98. The number of hydrogen-bond donors (Lipinski definition) is 1. The Labute approximate surface area is 106 Å². The highest BCUT2D eigenvalue weighted by Gasteiger charge is 2.33. The van der Waals surface area contributed by atoms with Crippen LogP contribution >= 0.6 is 0 Å². The molecule has 1 N–H and O–H groups in total. The maximum atomic E-state index is 12.1. The van der Waals surface area contributed by atoms with Gasteiger partial charge in [-0.05, 0) is 12.8 Å². The van der Waals surface area contributed by atoms with Crippen LogP contribution in [0.15, 0.2) is 12.4 Å². The van der Waals surface area contributed by atoms with Gasteiger partial charge in [0, 0.05) is 32.4 Å². The van der Waals surface area contributed by atoms with Crippen LogP contribution < -0.4 is 5.32 Å². The van der Waals surface area contributed by atoms with Crippen molar-refractivity contribution in [3.05, 3.63) is 12.4 Å². The number of anilines is 1. The van der Waals surface area contributed by atoms with Crippen LogP contribution in [0.25, 0.3) is 0 Å². The molecular weight excluding hydrogens is 232 g/mol. The second-order valence-corrected chi connectivity index (χ2v) is 4.45. The van der Waals surface area contributed by atoms with E-state index in [1.54, 1.807) is 21.9 Å². The van der Waals surface area contributed by atoms with Crippen molar-refractivity contribution in [2.24, 2.45) is 7.05 Å². The van der Waals surface area contributed by atoms with Crippen LogP contribution in [0.5, 0.6) is 0 Å². The molecule has 0 radical (unpaired) electrons. The molecular formula is C12H18N4O2. The number of amides is 2. The van der Waals surface area contributed by atoms with E-state index < -0.39 is 0 Å². The molecule has 0 spiro atoms. The summed E-state index contributed by atoms with van der Waals surface area (Å²) in [5, 5.41) is 2.76. The number of imidazole rings is 1. The van der Waals surface area contributed by atoms with E-state index in [4.69, 9.17) is 0 Å². The van der Waals surface area contributed by atoms with E-state index in [-0.39, 0.29) is 17.9 Å². The van der Waals surface area contributed by atoms with Gasteiger partial charge < -0.3 is 9.47 Å². The first-order chi connectivity index (χ1) is 8.63. The number of nitrogens with zero attached hydrogens (tertiary/aromatic N) is 3. The Balaban J connectivity index is 2.04. The van der Waals surface area contributed by atoms with E-state index in [2.05, 4.69) is 10.3 Å². The number of aryl methyl sites for hydroxylation is 1. The van der Waals surface area contributed by atoms with Crippen LogP contribution in [0.4, 0.5) is 5.95 Å². The zero-order valence-corrected chi connectivity index (χ0v) is 10.7. The van der Waals surface area contributed by atoms with Gasteiger partial charge in [0.25, 0.3) is 0 Å². The maximum Gasteiger partial charge on any atom is 0.249 e. The van der Waals surface area contributed by atoms with Crippen molar-refractivity contribution in [1.29, 1.82) is 0 Å². The first-order valence-electron chi connectivity index (χ1n) is 6.21. The van der Waals surface area contributed by atoms with E-state index in [0.717, 1.165) is 12.8 Å². The molecule has 0 aliphatic carbocycles. The molecule has 0 saturated carbocycles. The third-order valence-electron chi connectivity index (χ3n) is 3.23. The Hall–Kier alpha value is -1.85. The van der Waals surface area contributed by atoms with Crippen molar-refractivity contribution in [1.82, 2.24) is 14.5 Å². The molecule has 0 aromatic carbocycles. The Morgan fingerprint density at radius 3 is 2.94 bits per heavy atom. The largest absolute Gasteiger partial charge is 0.331 e. The van der Waals surface area contributed by atoms with Crippen LogP contribution in [-0.2, 0) is 16.6 Å². The highest BCUT2D eigenvalue weighted by molar-refractivity contribution is 5.96. The fraction of sp³-hybridized carbons (Fsp3) is 0.583. The minimum Gasteiger partial charge on any atom is -0.331 e. The summed E-state index contributed by atoms with van der Waals surface area (Å²) in [5.74, 6) is 0.395. The second-order valence-electron chi connectivity index (χ2n) is 4.45. The standard InChI is InChI=1S/C12H18N4O2/c1-3-10(17)16-7-4-5-9(16)11(18)14-12-13-6-8-15(12)2/h6,8-9H,3-5,7H2,1-2H3,(H,13,14,18)/t9-/m0/s1. The molecule has 18 heavy (non-hydrogen) atoms. The third-order valence-corrected chi connectivity index (χ3v) is 3.23. The summed E-state index contributed by atoms with van der Waals surface area (Å²) in [6, 6.07) is -0.353. The van der Waals surface area contributed by atoms with Gasteiger partial charge in [0.15, 0.2) is 0 Å². The molecule has 1 aromatic rings. The summed E-state index contributed by atoms with van der Waals surface area (Å²) in [7, 11) is 1.81. The van der Waals surface area contributed by atoms with E-state index in [1.807, 2.05) is 14.0 Å². The molecule has 1 saturated heterocycles. The monoisotopic (exact) mass is 250 g/mol. The summed E-state index contributed by atoms with van der Waals surface area (Å²) in [6.45, 7) is 2.49. The number of hydrogen-bond acceptors (Lipinski definition) is 3. The smallest absolute Gasteiger partial charge is 0.249 e. The topological polar surface area (TPSA) is 67.2 Å². The van der Waals surface area contributed by atoms with E-state index in [1.165, 1.54) is 0 Å². The lowest BCUT2D eigenvalue weighted by atomic mass is 10.2. The number of carbonyl (C=O) groups is 2. The summed E-state index contributed by atoms with van der Waals surface area (Å²) < 4.78 is 1.73. The molecule has 2 rings (SSSR count). The number of rotatable bonds is 3. The van der Waals surface area contributed by atoms with Crippen LogP contribution in [0, 0.1) is 0 Å². The van der Waals surface area contributed by atoms with Gasteiger partial charge in [-0.1, -0.05) is 6.92 Å². The maximum absolute atomic E-state index is 12.1. The van der Waals surface area contributed by atoms with Gasteiger partial charge in [-0.15, -0.1) is 0 Å². The van der Waals surface area contributed by atoms with Gasteiger partial charge in [-0.2, -0.15) is 0 Å². The van der Waals surface area contributed by atoms with E-state index >= 15 is 0 Å². The predicted octanol–water partition coefficient (Wildman–Crippen LogP) is 0.760. The quantitative estimate of drug-likeness (QED) is 0.861. The van der Waals surface area contributed by atoms with Crippen molar-refractivity contribution in [3.63, 3.8) is 0 Å². The molecule has 1 atom stereocenters. The molecule has 1 aliphatic rings. The van der Waals surface area contributed by atoms with Gasteiger partial charge in [0.05, 0.1) is 0 Å². The van der Waals surface area contributed by atoms with Crippen LogP contribution in [0.1, 0.15) is 26.2 Å². The van der Waals surface area contributed by atoms with E-state index in [9.17, 15) is 9.59 Å². The normalized spacial score (nSPS) is 19.0. The molecule has 0 unspecified atom stereocenters. The first-order valence-corrected chi connectivity index (χ1v) is 6.21. The number of aromatic nitrogens is 2. The molecule has 1 aromatic heterocycles. The fourth-order valence-corrected chi connectivity index (χ4v) is 2.22. The predicted molar refractivity (Wildman–Crippen MR) is 66.9 cm³/mol. The Bertz CT molecular complexity index is 455. The summed E-state index contributed by atoms with van der Waals surface area (Å²) >= 11 is 0. The molecule has 2 heterocycles. The molecule has 1 aliphatic heterocycles. The SMILES string of the molecule is CCC(=O)N1CCC[C@H]1C(=O)Nc1nccn1C. The van der Waals surface area contributed by atoms with Crippen molar-refractivity contribution in [3.8, 4) is 0 Å². The van der Waals surface area contributed by atoms with E-state index in [0.29, 0.717) is 18.9 Å². The summed E-state index contributed by atoms with van der Waals surface area (Å²) in [4.78, 5) is 29.6. The molecule has 1 fully saturated rings. The minimum atomic E-state index is -0.353. The Morgan fingerprint density at radius 2 is 2.33 bits per heavy atom. The fourth-order valence-electron chi connectivity index (χ4n) is 2.22. The highest BCUT2D eigenvalue weighted by atomic mass is 16.2. The van der Waals surface area contributed by atoms with Crippen molar-refractivity contribution < 1.29 is 9.59 Å². The van der Waals surface area contributed by atoms with Gasteiger partial charge in [-0.25, -0.2) is 4.98 Å². The lowest BCUT2D eigenvalue weighted by Gasteiger charge is -2.23. The van der Waals surface area contributed by atoms with Gasteiger partial charge in [0.1, 0.15) is 6.04 Å². The average molecular weight is 250 g/mol. The zero-order valence-electron chi connectivity index (χ0n) is 10.7. The van der Waals surface area contributed by atoms with Crippen molar-refractivity contribution in [2.75, 3.05) is 11.9 Å². The lowest BCUT2D eigenvalue weighted by Crippen LogP contribution is -2.43. The minimum absolute atomic E-state index is 0.0347. The summed E-state index contributed by atoms with van der Waals surface area (Å²) in [6.07, 6.45) is 5.43. The molecule has 2 amide bonds. The van der Waals surface area contributed by atoms with Gasteiger partial charge in [0.2, 0.25) is 17.8 Å². The van der Waals surface area contributed by atoms with Crippen LogP contribution in [0.3, 0.4) is 0 Å². The number of nitrogens with one attached hydrogen (secondary N) is 1. The van der Waals surface area contributed by atoms with Crippen molar-refractivity contribution >= 4 is 17.8 Å². The number of carbonyl (C=O) groups excluding carboxylic acids is 2. The molecule has 6 nitrogen and oxygen atoms in total. The van der Waals surface area contributed by atoms with Gasteiger partial charge >= 0.3 is 0 Å². The zero-order chi connectivity index (χ0) is 13.1. The molecule has 0 bridgehead atoms. The second kappa shape index (κ2) is 5.20. The summed E-state index contributed by atoms with van der Waals surface area (Å²) in [5.41, 5.74) is 0. The number of likely N-dealkylation sites (tertiary alicyclic amines) is 1. The Morgan fingerprint density at radius 1 is 1.56 bits per heavy atom.